The summed E-state index contributed by atoms with van der Waals surface area (Å²) in [5.41, 5.74) is 6.50. The van der Waals surface area contributed by atoms with Crippen LogP contribution in [-0.2, 0) is 9.16 Å². The normalized spacial score (nSPS) is 24.3. The Labute approximate surface area is 176 Å². The van der Waals surface area contributed by atoms with E-state index < -0.39 is 32.9 Å². The van der Waals surface area contributed by atoms with Crippen LogP contribution in [-0.4, -0.2) is 69.6 Å². The number of aliphatic hydroxyl groups is 2. The number of rotatable bonds is 9. The van der Waals surface area contributed by atoms with Gasteiger partial charge in [-0.2, -0.15) is 4.98 Å². The van der Waals surface area contributed by atoms with Gasteiger partial charge in [-0.25, -0.2) is 14.5 Å². The second kappa shape index (κ2) is 9.28. The second-order valence-electron chi connectivity index (χ2n) is 7.91. The molecule has 1 aliphatic rings. The largest absolute Gasteiger partial charge is 0.451 e. The molecule has 0 bridgehead atoms. The molecule has 3 heterocycles. The van der Waals surface area contributed by atoms with E-state index in [1.54, 1.807) is 0 Å². The average Bonchev–Trinajstić information content (AvgIpc) is 3.22. The molecule has 0 aromatic carbocycles. The standard InChI is InChI=1S/C19H29N5O5Si/c1-5-7-9-30(3,4)28-10-12-14(25)15(26)18(29-12)24-17-13(16(20)21-11-22-17)23-19(24)27-8-6-2/h2,11-12,14-15,18,25-26H,5,7-10H2,1,3-4H3,(H2,20,21,22)/t12-,14-,15-,18-/m1/s1. The highest BCUT2D eigenvalue weighted by Gasteiger charge is 2.46. The lowest BCUT2D eigenvalue weighted by atomic mass is 10.1. The number of hydrogen-bond acceptors (Lipinski definition) is 9. The number of nitrogens with zero attached hydrogens (tertiary/aromatic N) is 4. The summed E-state index contributed by atoms with van der Waals surface area (Å²) in [4.78, 5) is 12.4. The van der Waals surface area contributed by atoms with E-state index >= 15 is 0 Å². The number of ether oxygens (including phenoxy) is 2. The molecule has 0 unspecified atom stereocenters. The minimum atomic E-state index is -1.89. The molecule has 4 atom stereocenters. The van der Waals surface area contributed by atoms with E-state index in [-0.39, 0.29) is 25.0 Å². The van der Waals surface area contributed by atoms with Gasteiger partial charge in [-0.3, -0.25) is 0 Å². The highest BCUT2D eigenvalue weighted by Crippen LogP contribution is 2.36. The van der Waals surface area contributed by atoms with Crippen LogP contribution in [0.4, 0.5) is 5.82 Å². The first-order valence-electron chi connectivity index (χ1n) is 9.99. The van der Waals surface area contributed by atoms with E-state index in [1.165, 1.54) is 10.9 Å². The first-order chi connectivity index (χ1) is 14.3. The van der Waals surface area contributed by atoms with Gasteiger partial charge in [0.15, 0.2) is 38.1 Å². The predicted molar refractivity (Wildman–Crippen MR) is 113 cm³/mol. The van der Waals surface area contributed by atoms with Crippen molar-refractivity contribution < 1.29 is 24.1 Å². The summed E-state index contributed by atoms with van der Waals surface area (Å²) in [7, 11) is -1.89. The van der Waals surface area contributed by atoms with E-state index in [4.69, 9.17) is 26.1 Å². The third-order valence-corrected chi connectivity index (χ3v) is 7.63. The zero-order chi connectivity index (χ0) is 21.9. The van der Waals surface area contributed by atoms with Gasteiger partial charge in [0.2, 0.25) is 0 Å². The highest BCUT2D eigenvalue weighted by atomic mass is 28.4. The molecule has 4 N–H and O–H groups in total. The fourth-order valence-corrected chi connectivity index (χ4v) is 5.37. The minimum absolute atomic E-state index is 0.0498. The highest BCUT2D eigenvalue weighted by molar-refractivity contribution is 6.71. The first-order valence-corrected chi connectivity index (χ1v) is 13.1. The summed E-state index contributed by atoms with van der Waals surface area (Å²) in [5.74, 6) is 2.52. The van der Waals surface area contributed by atoms with Crippen LogP contribution in [0.5, 0.6) is 6.01 Å². The van der Waals surface area contributed by atoms with E-state index in [0.29, 0.717) is 11.2 Å². The van der Waals surface area contributed by atoms with Crippen molar-refractivity contribution in [3.05, 3.63) is 6.33 Å². The Morgan fingerprint density at radius 1 is 1.33 bits per heavy atom. The summed E-state index contributed by atoms with van der Waals surface area (Å²) < 4.78 is 19.1. The van der Waals surface area contributed by atoms with Crippen LogP contribution in [0.2, 0.25) is 19.1 Å². The fourth-order valence-electron chi connectivity index (χ4n) is 3.41. The molecule has 30 heavy (non-hydrogen) atoms. The van der Waals surface area contributed by atoms with Crippen molar-refractivity contribution >= 4 is 25.3 Å². The molecule has 0 saturated carbocycles. The first kappa shape index (κ1) is 22.5. The number of imidazole rings is 1. The van der Waals surface area contributed by atoms with Crippen molar-refractivity contribution in [1.82, 2.24) is 19.5 Å². The van der Waals surface area contributed by atoms with Gasteiger partial charge < -0.3 is 29.8 Å². The van der Waals surface area contributed by atoms with Crippen LogP contribution in [0, 0.1) is 12.3 Å². The second-order valence-corrected chi connectivity index (χ2v) is 12.2. The van der Waals surface area contributed by atoms with E-state index in [9.17, 15) is 10.2 Å². The number of anilines is 1. The summed E-state index contributed by atoms with van der Waals surface area (Å²) >= 11 is 0. The van der Waals surface area contributed by atoms with E-state index in [1.807, 2.05) is 0 Å². The van der Waals surface area contributed by atoms with Crippen molar-refractivity contribution in [1.29, 1.82) is 0 Å². The molecule has 0 radical (unpaired) electrons. The Balaban J connectivity index is 1.85. The smallest absolute Gasteiger partial charge is 0.301 e. The van der Waals surface area contributed by atoms with Crippen molar-refractivity contribution in [2.24, 2.45) is 0 Å². The summed E-state index contributed by atoms with van der Waals surface area (Å²) in [5, 5.41) is 21.3. The Morgan fingerprint density at radius 2 is 2.10 bits per heavy atom. The van der Waals surface area contributed by atoms with Gasteiger partial charge in [-0.15, -0.1) is 6.42 Å². The lowest BCUT2D eigenvalue weighted by Crippen LogP contribution is -2.39. The number of nitrogen functional groups attached to an aromatic ring is 1. The maximum atomic E-state index is 10.7. The van der Waals surface area contributed by atoms with Crippen LogP contribution >= 0.6 is 0 Å². The van der Waals surface area contributed by atoms with E-state index in [0.717, 1.165) is 18.9 Å². The van der Waals surface area contributed by atoms with Crippen LogP contribution in [0.15, 0.2) is 6.33 Å². The zero-order valence-corrected chi connectivity index (χ0v) is 18.5. The Hall–Kier alpha value is -2.23. The third kappa shape index (κ3) is 4.58. The fraction of sp³-hybridized carbons (Fsp3) is 0.632. The summed E-state index contributed by atoms with van der Waals surface area (Å²) in [6.45, 7) is 6.54. The average molecular weight is 436 g/mol. The Bertz CT molecular complexity index is 915. The molecule has 10 nitrogen and oxygen atoms in total. The topological polar surface area (TPSA) is 138 Å². The molecular formula is C19H29N5O5Si. The van der Waals surface area contributed by atoms with Crippen molar-refractivity contribution in [2.75, 3.05) is 18.9 Å². The number of aromatic nitrogens is 4. The van der Waals surface area contributed by atoms with Crippen LogP contribution in [0.25, 0.3) is 11.2 Å². The van der Waals surface area contributed by atoms with Gasteiger partial charge in [0.25, 0.3) is 0 Å². The molecule has 2 aromatic heterocycles. The van der Waals surface area contributed by atoms with Crippen LogP contribution in [0.1, 0.15) is 26.0 Å². The molecule has 3 rings (SSSR count). The van der Waals surface area contributed by atoms with Crippen LogP contribution in [0.3, 0.4) is 0 Å². The number of nitrogens with two attached hydrogens (primary N) is 1. The van der Waals surface area contributed by atoms with Crippen LogP contribution < -0.4 is 10.5 Å². The number of aliphatic hydroxyl groups excluding tert-OH is 2. The number of fused-ring (bicyclic) bond motifs is 1. The minimum Gasteiger partial charge on any atom is -0.451 e. The lowest BCUT2D eigenvalue weighted by molar-refractivity contribution is -0.0516. The van der Waals surface area contributed by atoms with E-state index in [2.05, 4.69) is 40.9 Å². The zero-order valence-electron chi connectivity index (χ0n) is 17.5. The summed E-state index contributed by atoms with van der Waals surface area (Å²) in [6, 6.07) is 1.09. The molecule has 1 aliphatic heterocycles. The SMILES string of the molecule is C#CCOc1nc2c(N)ncnc2n1[C@@H]1O[C@H](CO[Si](C)(C)CCCC)[C@@H](O)[C@H]1O. The monoisotopic (exact) mass is 435 g/mol. The van der Waals surface area contributed by atoms with Gasteiger partial charge in [0, 0.05) is 0 Å². The predicted octanol–water partition coefficient (Wildman–Crippen LogP) is 1.06. The van der Waals surface area contributed by atoms with Crippen molar-refractivity contribution in [3.8, 4) is 18.4 Å². The number of terminal acetylenes is 1. The number of unbranched alkanes of at least 4 members (excludes halogenated alkanes) is 1. The molecule has 1 fully saturated rings. The maximum Gasteiger partial charge on any atom is 0.301 e. The van der Waals surface area contributed by atoms with Gasteiger partial charge in [0.05, 0.1) is 6.61 Å². The van der Waals surface area contributed by atoms with Gasteiger partial charge in [-0.1, -0.05) is 25.7 Å². The lowest BCUT2D eigenvalue weighted by Gasteiger charge is -2.25. The maximum absolute atomic E-state index is 10.7. The molecule has 11 heteroatoms. The third-order valence-electron chi connectivity index (χ3n) is 5.12. The molecule has 164 valence electrons. The number of hydrogen-bond donors (Lipinski definition) is 3. The molecule has 0 spiro atoms. The molecule has 2 aromatic rings. The molecule has 1 saturated heterocycles. The molecule has 0 aliphatic carbocycles. The molecule has 0 amide bonds. The van der Waals surface area contributed by atoms with Crippen molar-refractivity contribution in [2.45, 2.75) is 63.4 Å². The Morgan fingerprint density at radius 3 is 2.80 bits per heavy atom. The van der Waals surface area contributed by atoms with Gasteiger partial charge in [0.1, 0.15) is 24.6 Å². The van der Waals surface area contributed by atoms with Gasteiger partial charge >= 0.3 is 6.01 Å². The van der Waals surface area contributed by atoms with Gasteiger partial charge in [-0.05, 0) is 19.1 Å². The Kier molecular flexibility index (Phi) is 6.94. The summed E-state index contributed by atoms with van der Waals surface area (Å²) in [6.07, 6.45) is 4.65. The van der Waals surface area contributed by atoms with Crippen molar-refractivity contribution in [3.63, 3.8) is 0 Å². The molecular weight excluding hydrogens is 406 g/mol. The quantitative estimate of drug-likeness (QED) is 0.390.